The highest BCUT2D eigenvalue weighted by atomic mass is 32.3. The second kappa shape index (κ2) is 6.60. The first-order chi connectivity index (χ1) is 12.3. The summed E-state index contributed by atoms with van der Waals surface area (Å²) >= 11 is 0. The molecule has 4 aliphatic rings. The number of piperidine rings is 1. The van der Waals surface area contributed by atoms with Crippen LogP contribution in [0.2, 0.25) is 0 Å². The molecule has 4 aliphatic heterocycles. The molecular weight excluding hydrogens is 368 g/mol. The van der Waals surface area contributed by atoms with E-state index in [4.69, 9.17) is 9.39 Å². The second-order valence-corrected chi connectivity index (χ2v) is 8.25. The lowest BCUT2D eigenvalue weighted by Crippen LogP contribution is -2.50. The predicted molar refractivity (Wildman–Crippen MR) is 85.6 cm³/mol. The van der Waals surface area contributed by atoms with Gasteiger partial charge in [-0.05, 0) is 38.6 Å². The Hall–Kier alpha value is -1.47. The first-order valence-corrected chi connectivity index (χ1v) is 10.1. The molecule has 0 saturated carbocycles. The van der Waals surface area contributed by atoms with E-state index in [1.807, 2.05) is 0 Å². The zero-order valence-electron chi connectivity index (χ0n) is 14.1. The molecule has 0 radical (unpaired) electrons. The second-order valence-electron chi connectivity index (χ2n) is 7.24. The maximum Gasteiger partial charge on any atom is 0.418 e. The summed E-state index contributed by atoms with van der Waals surface area (Å²) in [5, 5.41) is 0.620. The summed E-state index contributed by atoms with van der Waals surface area (Å²) in [7, 11) is -4.80. The van der Waals surface area contributed by atoms with Crippen LogP contribution in [0.5, 0.6) is 0 Å². The van der Waals surface area contributed by atoms with Gasteiger partial charge in [-0.1, -0.05) is 0 Å². The van der Waals surface area contributed by atoms with E-state index in [-0.39, 0.29) is 12.6 Å². The highest BCUT2D eigenvalue weighted by Gasteiger charge is 2.49. The van der Waals surface area contributed by atoms with Gasteiger partial charge in [0.15, 0.2) is 0 Å². The van der Waals surface area contributed by atoms with Gasteiger partial charge in [-0.2, -0.15) is 13.5 Å². The van der Waals surface area contributed by atoms with Crippen LogP contribution in [0.15, 0.2) is 0 Å². The Kier molecular flexibility index (Phi) is 4.55. The Morgan fingerprint density at radius 3 is 2.73 bits per heavy atom. The fraction of sp³-hybridized carbons (Fsp3) is 0.857. The molecule has 2 N–H and O–H groups in total. The van der Waals surface area contributed by atoms with Crippen molar-refractivity contribution in [3.05, 3.63) is 0 Å². The predicted octanol–water partition coefficient (Wildman–Crippen LogP) is -0.726. The molecule has 12 heteroatoms. The van der Waals surface area contributed by atoms with Crippen LogP contribution in [0, 0.1) is 0 Å². The van der Waals surface area contributed by atoms with Gasteiger partial charge in [0.2, 0.25) is 0 Å². The first kappa shape index (κ1) is 17.9. The number of hydrogen-bond donors (Lipinski definition) is 2. The first-order valence-electron chi connectivity index (χ1n) is 8.78. The third-order valence-electron chi connectivity index (χ3n) is 5.60. The van der Waals surface area contributed by atoms with E-state index in [1.54, 1.807) is 0 Å². The molecule has 11 nitrogen and oxygen atoms in total. The number of rotatable bonds is 5. The summed E-state index contributed by atoms with van der Waals surface area (Å²) in [5.41, 5.74) is 2.46. The average Bonchev–Trinajstić information content (AvgIpc) is 3.22. The van der Waals surface area contributed by atoms with Crippen molar-refractivity contribution in [3.8, 4) is 0 Å². The lowest BCUT2D eigenvalue weighted by Gasteiger charge is -2.29. The molecule has 4 saturated heterocycles. The molecular formula is C14H22N4O7S. The van der Waals surface area contributed by atoms with Crippen LogP contribution in [0.3, 0.4) is 0 Å². The summed E-state index contributed by atoms with van der Waals surface area (Å²) in [6, 6.07) is -1.50. The van der Waals surface area contributed by atoms with Crippen LogP contribution < -0.4 is 5.48 Å². The van der Waals surface area contributed by atoms with Crippen molar-refractivity contribution in [3.63, 3.8) is 0 Å². The molecule has 4 unspecified atom stereocenters. The van der Waals surface area contributed by atoms with Gasteiger partial charge in [-0.25, -0.2) is 10.3 Å². The van der Waals surface area contributed by atoms with Gasteiger partial charge in [0.25, 0.3) is 5.91 Å². The minimum atomic E-state index is -4.80. The van der Waals surface area contributed by atoms with Gasteiger partial charge in [-0.15, -0.1) is 4.28 Å². The number of carbonyl (C=O) groups is 2. The number of hydroxylamine groups is 3. The Balaban J connectivity index is 1.32. The maximum atomic E-state index is 12.5. The lowest BCUT2D eigenvalue weighted by atomic mass is 10.0. The number of nitrogens with zero attached hydrogens (tertiary/aromatic N) is 3. The quantitative estimate of drug-likeness (QED) is 0.465. The highest BCUT2D eigenvalue weighted by molar-refractivity contribution is 7.80. The minimum Gasteiger partial charge on any atom is -0.309 e. The van der Waals surface area contributed by atoms with E-state index in [1.165, 1.54) is 11.3 Å². The number of carbonyl (C=O) groups excluding carboxylic acids is 2. The van der Waals surface area contributed by atoms with Crippen LogP contribution in [-0.2, 0) is 24.3 Å². The van der Waals surface area contributed by atoms with E-state index in [9.17, 15) is 18.0 Å². The molecule has 0 aromatic heterocycles. The summed E-state index contributed by atoms with van der Waals surface area (Å²) in [4.78, 5) is 33.9. The maximum absolute atomic E-state index is 12.5. The molecule has 3 amide bonds. The van der Waals surface area contributed by atoms with Crippen molar-refractivity contribution in [2.75, 3.05) is 19.6 Å². The Morgan fingerprint density at radius 2 is 2.00 bits per heavy atom. The molecule has 4 fully saturated rings. The monoisotopic (exact) mass is 390 g/mol. The van der Waals surface area contributed by atoms with Crippen molar-refractivity contribution in [2.45, 2.75) is 56.3 Å². The number of nitrogens with one attached hydrogen (secondary N) is 1. The molecule has 4 heterocycles. The Labute approximate surface area is 151 Å². The average molecular weight is 390 g/mol. The minimum absolute atomic E-state index is 0.0609. The number of hydrogen-bond acceptors (Lipinski definition) is 7. The lowest BCUT2D eigenvalue weighted by molar-refractivity contribution is -0.143. The van der Waals surface area contributed by atoms with Crippen molar-refractivity contribution >= 4 is 22.3 Å². The van der Waals surface area contributed by atoms with E-state index in [0.29, 0.717) is 23.9 Å². The highest BCUT2D eigenvalue weighted by Crippen LogP contribution is 2.31. The zero-order valence-corrected chi connectivity index (χ0v) is 14.9. The van der Waals surface area contributed by atoms with E-state index < -0.39 is 34.4 Å². The van der Waals surface area contributed by atoms with Crippen molar-refractivity contribution in [2.24, 2.45) is 0 Å². The van der Waals surface area contributed by atoms with Gasteiger partial charge in [0, 0.05) is 19.1 Å². The van der Waals surface area contributed by atoms with E-state index in [0.717, 1.165) is 25.9 Å². The van der Waals surface area contributed by atoms with Gasteiger partial charge in [0.05, 0.1) is 12.1 Å². The van der Waals surface area contributed by atoms with Crippen LogP contribution in [0.4, 0.5) is 4.79 Å². The normalized spacial score (nSPS) is 34.4. The standard InChI is InChI=1S/C14H22N4O7S/c19-13(15-24-11-6-9-2-1-5-16(9)8-11)12-4-3-10-7-17(12)14(20)18(10)25-26(21,22)23/h9-12H,1-8H2,(H,15,19)(H,21,22,23). The van der Waals surface area contributed by atoms with E-state index in [2.05, 4.69) is 14.7 Å². The third kappa shape index (κ3) is 3.39. The van der Waals surface area contributed by atoms with Gasteiger partial charge >= 0.3 is 16.4 Å². The van der Waals surface area contributed by atoms with Crippen molar-refractivity contribution < 1.29 is 31.7 Å². The summed E-state index contributed by atoms with van der Waals surface area (Å²) < 4.78 is 34.9. The van der Waals surface area contributed by atoms with Gasteiger partial charge in [-0.3, -0.25) is 19.1 Å². The zero-order chi connectivity index (χ0) is 18.5. The van der Waals surface area contributed by atoms with Crippen molar-refractivity contribution in [1.29, 1.82) is 0 Å². The molecule has 0 aromatic carbocycles. The molecule has 2 bridgehead atoms. The number of fused-ring (bicyclic) bond motifs is 3. The fourth-order valence-electron chi connectivity index (χ4n) is 4.44. The molecule has 4 atom stereocenters. The molecule has 4 rings (SSSR count). The van der Waals surface area contributed by atoms with Crippen LogP contribution in [0.1, 0.15) is 32.1 Å². The van der Waals surface area contributed by atoms with Crippen LogP contribution in [-0.4, -0.2) is 83.6 Å². The molecule has 26 heavy (non-hydrogen) atoms. The topological polar surface area (TPSA) is 129 Å². The SMILES string of the molecule is O=C(NOC1CC2CCCN2C1)C1CCC2CN1C(=O)N2OS(=O)(=O)O. The number of urea groups is 1. The van der Waals surface area contributed by atoms with Crippen LogP contribution >= 0.6 is 0 Å². The smallest absolute Gasteiger partial charge is 0.309 e. The summed E-state index contributed by atoms with van der Waals surface area (Å²) in [6.07, 6.45) is 3.92. The largest absolute Gasteiger partial charge is 0.418 e. The summed E-state index contributed by atoms with van der Waals surface area (Å²) in [5.74, 6) is -0.433. The molecule has 0 spiro atoms. The van der Waals surface area contributed by atoms with Crippen LogP contribution in [0.25, 0.3) is 0 Å². The molecule has 146 valence electrons. The molecule has 0 aromatic rings. The Bertz CT molecular complexity index is 689. The van der Waals surface area contributed by atoms with Crippen molar-refractivity contribution in [1.82, 2.24) is 20.3 Å². The van der Waals surface area contributed by atoms with E-state index >= 15 is 0 Å². The Morgan fingerprint density at radius 1 is 1.19 bits per heavy atom. The number of amides is 3. The third-order valence-corrected chi connectivity index (χ3v) is 5.95. The fourth-order valence-corrected chi connectivity index (χ4v) is 4.83. The van der Waals surface area contributed by atoms with Gasteiger partial charge < -0.3 is 4.90 Å². The van der Waals surface area contributed by atoms with Gasteiger partial charge in [0.1, 0.15) is 6.04 Å². The summed E-state index contributed by atoms with van der Waals surface area (Å²) in [6.45, 7) is 2.01. The molecule has 0 aliphatic carbocycles.